The van der Waals surface area contributed by atoms with Crippen LogP contribution < -0.4 is 0 Å². The molecule has 0 aliphatic rings. The molecule has 1 unspecified atom stereocenters. The van der Waals surface area contributed by atoms with E-state index in [4.69, 9.17) is 0 Å². The summed E-state index contributed by atoms with van der Waals surface area (Å²) in [6, 6.07) is 9.95. The van der Waals surface area contributed by atoms with Crippen molar-refractivity contribution in [2.75, 3.05) is 13.3 Å². The van der Waals surface area contributed by atoms with Gasteiger partial charge >= 0.3 is 0 Å². The Labute approximate surface area is 80.3 Å². The SMILES string of the molecule is C=S(C)(=O)N(C)Cc1ccccc1. The summed E-state index contributed by atoms with van der Waals surface area (Å²) in [5, 5.41) is 0. The average Bonchev–Trinajstić information content (AvgIpc) is 2.04. The summed E-state index contributed by atoms with van der Waals surface area (Å²) in [4.78, 5) is 0. The Morgan fingerprint density at radius 3 is 2.38 bits per heavy atom. The maximum atomic E-state index is 11.5. The zero-order chi connectivity index (χ0) is 9.90. The van der Waals surface area contributed by atoms with Crippen LogP contribution in [0, 0.1) is 0 Å². The number of nitrogens with zero attached hydrogens (tertiary/aromatic N) is 1. The molecule has 1 aromatic rings. The summed E-state index contributed by atoms with van der Waals surface area (Å²) < 4.78 is 13.3. The van der Waals surface area contributed by atoms with E-state index in [-0.39, 0.29) is 0 Å². The van der Waals surface area contributed by atoms with Gasteiger partial charge in [0, 0.05) is 22.5 Å². The molecule has 0 aliphatic carbocycles. The molecule has 72 valence electrons. The summed E-state index contributed by atoms with van der Waals surface area (Å²) in [5.41, 5.74) is 1.16. The van der Waals surface area contributed by atoms with Gasteiger partial charge in [-0.05, 0) is 18.5 Å². The van der Waals surface area contributed by atoms with Gasteiger partial charge in [-0.3, -0.25) is 4.21 Å². The van der Waals surface area contributed by atoms with Gasteiger partial charge in [-0.25, -0.2) is 4.31 Å². The molecule has 0 aromatic heterocycles. The van der Waals surface area contributed by atoms with E-state index in [1.807, 2.05) is 37.4 Å². The summed E-state index contributed by atoms with van der Waals surface area (Å²) in [6.07, 6.45) is 1.65. The molecule has 0 amide bonds. The van der Waals surface area contributed by atoms with Crippen LogP contribution in [-0.4, -0.2) is 27.7 Å². The van der Waals surface area contributed by atoms with Crippen molar-refractivity contribution in [3.63, 3.8) is 0 Å². The largest absolute Gasteiger partial charge is 0.253 e. The Balaban J connectivity index is 2.72. The van der Waals surface area contributed by atoms with Crippen molar-refractivity contribution in [3.05, 3.63) is 35.9 Å². The van der Waals surface area contributed by atoms with Crippen LogP contribution in [0.25, 0.3) is 0 Å². The topological polar surface area (TPSA) is 20.3 Å². The quantitative estimate of drug-likeness (QED) is 0.670. The van der Waals surface area contributed by atoms with E-state index in [9.17, 15) is 4.21 Å². The third kappa shape index (κ3) is 3.20. The number of rotatable bonds is 3. The Hall–Kier alpha value is -0.800. The van der Waals surface area contributed by atoms with Crippen LogP contribution >= 0.6 is 0 Å². The molecule has 0 saturated heterocycles. The zero-order valence-corrected chi connectivity index (χ0v) is 8.88. The van der Waals surface area contributed by atoms with Gasteiger partial charge in [0.15, 0.2) is 0 Å². The standard InChI is InChI=1S/C10H15NOS/c1-11(13(2,3)12)9-10-7-5-4-6-8-10/h4-8H,2,9H2,1,3H3. The van der Waals surface area contributed by atoms with Crippen molar-refractivity contribution in [3.8, 4) is 0 Å². The van der Waals surface area contributed by atoms with E-state index in [1.165, 1.54) is 0 Å². The lowest BCUT2D eigenvalue weighted by Crippen LogP contribution is -2.24. The highest BCUT2D eigenvalue weighted by atomic mass is 32.2. The molecule has 0 saturated carbocycles. The number of hydrogen-bond acceptors (Lipinski definition) is 1. The van der Waals surface area contributed by atoms with Crippen molar-refractivity contribution in [2.45, 2.75) is 6.54 Å². The molecule has 2 nitrogen and oxygen atoms in total. The van der Waals surface area contributed by atoms with E-state index in [2.05, 4.69) is 5.87 Å². The van der Waals surface area contributed by atoms with Gasteiger partial charge in [0.1, 0.15) is 0 Å². The molecular weight excluding hydrogens is 182 g/mol. The van der Waals surface area contributed by atoms with E-state index in [1.54, 1.807) is 10.6 Å². The highest BCUT2D eigenvalue weighted by molar-refractivity contribution is 7.97. The molecule has 1 atom stereocenters. The normalized spacial score (nSPS) is 15.6. The van der Waals surface area contributed by atoms with Gasteiger partial charge in [-0.15, -0.1) is 0 Å². The fourth-order valence-electron chi connectivity index (χ4n) is 0.977. The molecule has 0 fully saturated rings. The summed E-state index contributed by atoms with van der Waals surface area (Å²) in [7, 11) is -0.246. The second-order valence-electron chi connectivity index (χ2n) is 3.23. The van der Waals surface area contributed by atoms with Crippen molar-refractivity contribution in [2.24, 2.45) is 0 Å². The number of hydrogen-bond donors (Lipinski definition) is 0. The van der Waals surface area contributed by atoms with Gasteiger partial charge in [-0.2, -0.15) is 0 Å². The molecule has 3 heteroatoms. The highest BCUT2D eigenvalue weighted by Crippen LogP contribution is 2.04. The molecule has 1 rings (SSSR count). The van der Waals surface area contributed by atoms with Crippen LogP contribution in [0.15, 0.2) is 30.3 Å². The molecule has 13 heavy (non-hydrogen) atoms. The van der Waals surface area contributed by atoms with Gasteiger partial charge in [0.05, 0.1) is 0 Å². The third-order valence-electron chi connectivity index (χ3n) is 1.91. The minimum Gasteiger partial charge on any atom is -0.253 e. The highest BCUT2D eigenvalue weighted by Gasteiger charge is 2.04. The van der Waals surface area contributed by atoms with Crippen LogP contribution in [-0.2, 0) is 16.3 Å². The minimum atomic E-state index is -2.07. The van der Waals surface area contributed by atoms with Gasteiger partial charge < -0.3 is 0 Å². The first-order valence-corrected chi connectivity index (χ1v) is 6.17. The van der Waals surface area contributed by atoms with Crippen molar-refractivity contribution < 1.29 is 4.21 Å². The molecule has 0 N–H and O–H groups in total. The van der Waals surface area contributed by atoms with E-state index in [0.717, 1.165) is 5.56 Å². The average molecular weight is 197 g/mol. The van der Waals surface area contributed by atoms with Crippen molar-refractivity contribution in [1.82, 2.24) is 4.31 Å². The van der Waals surface area contributed by atoms with Crippen LogP contribution in [0.5, 0.6) is 0 Å². The predicted molar refractivity (Wildman–Crippen MR) is 59.1 cm³/mol. The Morgan fingerprint density at radius 1 is 1.38 bits per heavy atom. The first-order chi connectivity index (χ1) is 6.00. The number of benzene rings is 1. The lowest BCUT2D eigenvalue weighted by atomic mass is 10.2. The molecule has 0 radical (unpaired) electrons. The molecule has 1 aromatic carbocycles. The van der Waals surface area contributed by atoms with Crippen LogP contribution in [0.4, 0.5) is 0 Å². The molecule has 0 aliphatic heterocycles. The molecular formula is C10H15NOS. The third-order valence-corrected chi connectivity index (χ3v) is 3.36. The van der Waals surface area contributed by atoms with E-state index >= 15 is 0 Å². The predicted octanol–water partition coefficient (Wildman–Crippen LogP) is 1.38. The molecule has 0 spiro atoms. The fourth-order valence-corrected chi connectivity index (χ4v) is 1.40. The Kier molecular flexibility index (Phi) is 3.12. The van der Waals surface area contributed by atoms with Crippen LogP contribution in [0.3, 0.4) is 0 Å². The first-order valence-electron chi connectivity index (χ1n) is 4.07. The second kappa shape index (κ2) is 3.94. The smallest absolute Gasteiger partial charge is 0.0354 e. The summed E-state index contributed by atoms with van der Waals surface area (Å²) >= 11 is 0. The maximum Gasteiger partial charge on any atom is 0.0354 e. The Morgan fingerprint density at radius 2 is 1.92 bits per heavy atom. The van der Waals surface area contributed by atoms with Crippen molar-refractivity contribution >= 4 is 15.6 Å². The minimum absolute atomic E-state index is 0.680. The van der Waals surface area contributed by atoms with Gasteiger partial charge in [0.2, 0.25) is 0 Å². The van der Waals surface area contributed by atoms with Gasteiger partial charge in [-0.1, -0.05) is 30.3 Å². The lowest BCUT2D eigenvalue weighted by molar-refractivity contribution is 0.521. The monoisotopic (exact) mass is 197 g/mol. The lowest BCUT2D eigenvalue weighted by Gasteiger charge is -2.17. The van der Waals surface area contributed by atoms with Gasteiger partial charge in [0.25, 0.3) is 0 Å². The molecule has 0 heterocycles. The maximum absolute atomic E-state index is 11.5. The second-order valence-corrected chi connectivity index (χ2v) is 5.77. The zero-order valence-electron chi connectivity index (χ0n) is 8.06. The fraction of sp³-hybridized carbons (Fsp3) is 0.300. The molecule has 0 bridgehead atoms. The van der Waals surface area contributed by atoms with Crippen LogP contribution in [0.2, 0.25) is 0 Å². The first kappa shape index (κ1) is 10.3. The summed E-state index contributed by atoms with van der Waals surface area (Å²) in [6.45, 7) is 0.680. The van der Waals surface area contributed by atoms with E-state index < -0.39 is 9.71 Å². The van der Waals surface area contributed by atoms with Crippen molar-refractivity contribution in [1.29, 1.82) is 0 Å². The van der Waals surface area contributed by atoms with E-state index in [0.29, 0.717) is 6.54 Å². The summed E-state index contributed by atoms with van der Waals surface area (Å²) in [5.74, 6) is 3.62. The van der Waals surface area contributed by atoms with Crippen LogP contribution in [0.1, 0.15) is 5.56 Å². The Bertz CT molecular complexity index is 356.